The van der Waals surface area contributed by atoms with Gasteiger partial charge in [0.15, 0.2) is 5.78 Å². The number of carbonyl (C=O) groups is 1. The highest BCUT2D eigenvalue weighted by atomic mass is 32.2. The van der Waals surface area contributed by atoms with Crippen molar-refractivity contribution in [3.05, 3.63) is 52.8 Å². The van der Waals surface area contributed by atoms with Crippen LogP contribution in [0.1, 0.15) is 40.2 Å². The molecule has 0 bridgehead atoms. The number of ether oxygens (including phenoxy) is 1. The predicted molar refractivity (Wildman–Crippen MR) is 112 cm³/mol. The Bertz CT molecular complexity index is 1000. The minimum atomic E-state index is 0.0770. The number of Topliss-reactive ketones (excluding diaryl/α,β-unsaturated/α-hetero) is 1. The third-order valence-corrected chi connectivity index (χ3v) is 6.21. The molecule has 1 saturated heterocycles. The number of carbonyl (C=O) groups excluding carboxylic acids is 1. The van der Waals surface area contributed by atoms with Crippen molar-refractivity contribution in [2.24, 2.45) is 0 Å². The molecule has 0 unspecified atom stereocenters. The van der Waals surface area contributed by atoms with Gasteiger partial charge < -0.3 is 9.30 Å². The van der Waals surface area contributed by atoms with Gasteiger partial charge in [-0.25, -0.2) is 4.68 Å². The molecule has 4 rings (SSSR count). The van der Waals surface area contributed by atoms with E-state index in [1.165, 1.54) is 17.3 Å². The minimum Gasteiger partial charge on any atom is -0.376 e. The van der Waals surface area contributed by atoms with Crippen molar-refractivity contribution in [3.63, 3.8) is 0 Å². The molecule has 1 aliphatic heterocycles. The molecular weight excluding hydrogens is 386 g/mol. The molecule has 152 valence electrons. The van der Waals surface area contributed by atoms with Gasteiger partial charge in [-0.1, -0.05) is 29.5 Å². The first kappa shape index (κ1) is 19.8. The first-order chi connectivity index (χ1) is 14.0. The highest BCUT2D eigenvalue weighted by Crippen LogP contribution is 2.24. The molecule has 8 heteroatoms. The number of rotatable bonds is 7. The average molecular weight is 412 g/mol. The Morgan fingerprint density at radius 2 is 2.03 bits per heavy atom. The van der Waals surface area contributed by atoms with E-state index in [1.807, 2.05) is 19.9 Å². The molecule has 7 nitrogen and oxygen atoms in total. The van der Waals surface area contributed by atoms with Crippen molar-refractivity contribution < 1.29 is 9.53 Å². The van der Waals surface area contributed by atoms with Gasteiger partial charge in [0.25, 0.3) is 0 Å². The number of nitrogens with zero attached hydrogens (tertiary/aromatic N) is 5. The number of ketones is 1. The molecule has 0 saturated carbocycles. The van der Waals surface area contributed by atoms with Crippen LogP contribution in [0, 0.1) is 20.8 Å². The van der Waals surface area contributed by atoms with Gasteiger partial charge in [-0.3, -0.25) is 4.79 Å². The molecular formula is C21H25N5O2S. The highest BCUT2D eigenvalue weighted by molar-refractivity contribution is 7.99. The number of aryl methyl sites for hydroxylation is 2. The van der Waals surface area contributed by atoms with E-state index in [0.717, 1.165) is 42.1 Å². The van der Waals surface area contributed by atoms with Crippen LogP contribution in [0.5, 0.6) is 0 Å². The van der Waals surface area contributed by atoms with Gasteiger partial charge in [0.05, 0.1) is 18.4 Å². The molecule has 2 aromatic heterocycles. The molecule has 1 atom stereocenters. The van der Waals surface area contributed by atoms with Gasteiger partial charge in [0, 0.05) is 29.2 Å². The van der Waals surface area contributed by atoms with E-state index in [4.69, 9.17) is 4.74 Å². The second kappa shape index (κ2) is 8.51. The summed E-state index contributed by atoms with van der Waals surface area (Å²) < 4.78 is 9.53. The van der Waals surface area contributed by atoms with E-state index in [-0.39, 0.29) is 11.9 Å². The summed E-state index contributed by atoms with van der Waals surface area (Å²) in [6.07, 6.45) is 2.25. The third-order valence-electron chi connectivity index (χ3n) is 5.26. The summed E-state index contributed by atoms with van der Waals surface area (Å²) in [4.78, 5) is 12.9. The van der Waals surface area contributed by atoms with Crippen LogP contribution in [-0.2, 0) is 11.3 Å². The quantitative estimate of drug-likeness (QED) is 0.437. The number of hydrogen-bond acceptors (Lipinski definition) is 6. The fourth-order valence-corrected chi connectivity index (χ4v) is 4.51. The lowest BCUT2D eigenvalue weighted by Crippen LogP contribution is -2.17. The van der Waals surface area contributed by atoms with Crippen LogP contribution in [-0.4, -0.2) is 49.0 Å². The lowest BCUT2D eigenvalue weighted by Gasteiger charge is -2.10. The minimum absolute atomic E-state index is 0.0770. The van der Waals surface area contributed by atoms with Gasteiger partial charge in [0.1, 0.15) is 0 Å². The van der Waals surface area contributed by atoms with Crippen LogP contribution in [0.15, 0.2) is 35.5 Å². The smallest absolute Gasteiger partial charge is 0.209 e. The number of hydrogen-bond donors (Lipinski definition) is 0. The third kappa shape index (κ3) is 4.28. The van der Waals surface area contributed by atoms with Crippen LogP contribution in [0.4, 0.5) is 0 Å². The summed E-state index contributed by atoms with van der Waals surface area (Å²) in [5.41, 5.74) is 5.02. The predicted octanol–water partition coefficient (Wildman–Crippen LogP) is 3.54. The lowest BCUT2D eigenvalue weighted by atomic mass is 10.2. The normalized spacial score (nSPS) is 16.4. The molecule has 3 aromatic rings. The zero-order valence-electron chi connectivity index (χ0n) is 17.0. The van der Waals surface area contributed by atoms with Gasteiger partial charge in [0.2, 0.25) is 5.16 Å². The van der Waals surface area contributed by atoms with E-state index in [9.17, 15) is 4.79 Å². The zero-order valence-corrected chi connectivity index (χ0v) is 17.8. The second-order valence-electron chi connectivity index (χ2n) is 7.45. The van der Waals surface area contributed by atoms with Gasteiger partial charge >= 0.3 is 0 Å². The molecule has 0 amide bonds. The van der Waals surface area contributed by atoms with E-state index < -0.39 is 0 Å². The van der Waals surface area contributed by atoms with Crippen LogP contribution < -0.4 is 0 Å². The second-order valence-corrected chi connectivity index (χ2v) is 8.39. The van der Waals surface area contributed by atoms with Crippen molar-refractivity contribution in [3.8, 4) is 5.69 Å². The van der Waals surface area contributed by atoms with E-state index >= 15 is 0 Å². The number of aromatic nitrogens is 5. The van der Waals surface area contributed by atoms with Crippen LogP contribution in [0.3, 0.4) is 0 Å². The Kier molecular flexibility index (Phi) is 5.82. The fourth-order valence-electron chi connectivity index (χ4n) is 3.74. The Morgan fingerprint density at radius 3 is 2.76 bits per heavy atom. The molecule has 29 heavy (non-hydrogen) atoms. The Balaban J connectivity index is 1.46. The largest absolute Gasteiger partial charge is 0.376 e. The van der Waals surface area contributed by atoms with Crippen molar-refractivity contribution in [1.82, 2.24) is 24.8 Å². The van der Waals surface area contributed by atoms with Crippen molar-refractivity contribution in [2.75, 3.05) is 12.4 Å². The summed E-state index contributed by atoms with van der Waals surface area (Å²) >= 11 is 1.37. The van der Waals surface area contributed by atoms with E-state index in [0.29, 0.717) is 17.5 Å². The summed E-state index contributed by atoms with van der Waals surface area (Å²) in [6, 6.07) is 10.3. The fraction of sp³-hybridized carbons (Fsp3) is 0.429. The van der Waals surface area contributed by atoms with Gasteiger partial charge in [-0.15, -0.1) is 5.10 Å². The average Bonchev–Trinajstić information content (AvgIpc) is 3.43. The van der Waals surface area contributed by atoms with E-state index in [1.54, 1.807) is 4.68 Å². The monoisotopic (exact) mass is 411 g/mol. The molecule has 1 fully saturated rings. The molecule has 0 spiro atoms. The van der Waals surface area contributed by atoms with Crippen molar-refractivity contribution >= 4 is 17.5 Å². The number of thioether (sulfide) groups is 1. The maximum atomic E-state index is 12.9. The highest BCUT2D eigenvalue weighted by Gasteiger charge is 2.21. The van der Waals surface area contributed by atoms with Crippen LogP contribution >= 0.6 is 11.8 Å². The molecule has 0 N–H and O–H groups in total. The Morgan fingerprint density at radius 1 is 1.24 bits per heavy atom. The first-order valence-electron chi connectivity index (χ1n) is 9.82. The van der Waals surface area contributed by atoms with Crippen LogP contribution in [0.2, 0.25) is 0 Å². The molecule has 1 aromatic carbocycles. The zero-order chi connectivity index (χ0) is 20.4. The lowest BCUT2D eigenvalue weighted by molar-refractivity contribution is 0.0912. The molecule has 0 aliphatic carbocycles. The summed E-state index contributed by atoms with van der Waals surface area (Å²) in [5.74, 6) is 0.373. The topological polar surface area (TPSA) is 74.8 Å². The van der Waals surface area contributed by atoms with Crippen molar-refractivity contribution in [1.29, 1.82) is 0 Å². The van der Waals surface area contributed by atoms with Crippen LogP contribution in [0.25, 0.3) is 5.69 Å². The standard InChI is InChI=1S/C21H25N5O2S/c1-14-6-8-17(9-7-14)26-15(2)11-19(16(26)3)20(27)13-29-21-22-23-24-25(21)12-18-5-4-10-28-18/h6-9,11,18H,4-5,10,12-13H2,1-3H3/t18-/m0/s1. The van der Waals surface area contributed by atoms with E-state index in [2.05, 4.69) is 51.3 Å². The maximum absolute atomic E-state index is 12.9. The Labute approximate surface area is 174 Å². The summed E-state index contributed by atoms with van der Waals surface area (Å²) in [6.45, 7) is 7.51. The maximum Gasteiger partial charge on any atom is 0.209 e. The number of tetrazole rings is 1. The summed E-state index contributed by atoms with van der Waals surface area (Å²) in [5, 5.41) is 12.6. The van der Waals surface area contributed by atoms with Gasteiger partial charge in [-0.05, 0) is 62.2 Å². The Hall–Kier alpha value is -2.45. The SMILES string of the molecule is Cc1ccc(-n2c(C)cc(C(=O)CSc3nnnn3C[C@@H]3CCCO3)c2C)cc1. The molecule has 3 heterocycles. The molecule has 1 aliphatic rings. The van der Waals surface area contributed by atoms with Gasteiger partial charge in [-0.2, -0.15) is 0 Å². The molecule has 0 radical (unpaired) electrons. The summed E-state index contributed by atoms with van der Waals surface area (Å²) in [7, 11) is 0. The number of benzene rings is 1. The first-order valence-corrected chi connectivity index (χ1v) is 10.8. The van der Waals surface area contributed by atoms with Crippen molar-refractivity contribution in [2.45, 2.75) is 51.4 Å².